The molecule has 1 heterocycles. The highest BCUT2D eigenvalue weighted by Crippen LogP contribution is 2.19. The fourth-order valence-electron chi connectivity index (χ4n) is 1.58. The summed E-state index contributed by atoms with van der Waals surface area (Å²) in [5, 5.41) is 0.769. The second-order valence-electron chi connectivity index (χ2n) is 3.88. The number of rotatable bonds is 4. The van der Waals surface area contributed by atoms with Crippen molar-refractivity contribution in [3.63, 3.8) is 0 Å². The quantitative estimate of drug-likeness (QED) is 0.842. The summed E-state index contributed by atoms with van der Waals surface area (Å²) in [7, 11) is 2.07. The van der Waals surface area contributed by atoms with E-state index in [4.69, 9.17) is 23.2 Å². The summed E-state index contributed by atoms with van der Waals surface area (Å²) < 4.78 is 0.597. The van der Waals surface area contributed by atoms with Gasteiger partial charge in [0, 0.05) is 29.2 Å². The molecular weight excluding hydrogens is 275 g/mol. The standard InChI is InChI=1S/C12H12Cl2N2S/c1-16(8-11-6-15-12(14)17-11)7-9-2-4-10(13)5-3-9/h2-6H,7-8H2,1H3. The highest BCUT2D eigenvalue weighted by Gasteiger charge is 2.05. The first-order valence-electron chi connectivity index (χ1n) is 5.16. The SMILES string of the molecule is CN(Cc1ccc(Cl)cc1)Cc1cnc(Cl)s1. The van der Waals surface area contributed by atoms with Gasteiger partial charge in [-0.1, -0.05) is 35.3 Å². The van der Waals surface area contributed by atoms with Crippen molar-refractivity contribution < 1.29 is 0 Å². The highest BCUT2D eigenvalue weighted by atomic mass is 35.5. The van der Waals surface area contributed by atoms with Crippen LogP contribution in [0.15, 0.2) is 30.5 Å². The van der Waals surface area contributed by atoms with E-state index in [1.54, 1.807) is 0 Å². The van der Waals surface area contributed by atoms with Crippen molar-refractivity contribution in [3.8, 4) is 0 Å². The Bertz CT molecular complexity index is 482. The molecule has 5 heteroatoms. The molecule has 0 atom stereocenters. The summed E-state index contributed by atoms with van der Waals surface area (Å²) in [5.74, 6) is 0. The minimum absolute atomic E-state index is 0.597. The van der Waals surface area contributed by atoms with E-state index < -0.39 is 0 Å². The van der Waals surface area contributed by atoms with Gasteiger partial charge < -0.3 is 0 Å². The van der Waals surface area contributed by atoms with Gasteiger partial charge in [-0.2, -0.15) is 0 Å². The van der Waals surface area contributed by atoms with Gasteiger partial charge in [-0.15, -0.1) is 11.3 Å². The summed E-state index contributed by atoms with van der Waals surface area (Å²) in [6.45, 7) is 1.74. The average Bonchev–Trinajstić information content (AvgIpc) is 2.67. The number of thiazole rings is 1. The van der Waals surface area contributed by atoms with Crippen molar-refractivity contribution >= 4 is 34.5 Å². The van der Waals surface area contributed by atoms with Crippen molar-refractivity contribution in [2.75, 3.05) is 7.05 Å². The van der Waals surface area contributed by atoms with E-state index in [1.807, 2.05) is 30.5 Å². The van der Waals surface area contributed by atoms with Gasteiger partial charge in [0.05, 0.1) is 0 Å². The van der Waals surface area contributed by atoms with Crippen LogP contribution < -0.4 is 0 Å². The molecule has 0 aliphatic carbocycles. The molecule has 1 aromatic heterocycles. The van der Waals surface area contributed by atoms with E-state index in [0.717, 1.165) is 18.1 Å². The molecule has 0 radical (unpaired) electrons. The molecule has 2 rings (SSSR count). The number of halogens is 2. The Morgan fingerprint density at radius 3 is 2.47 bits per heavy atom. The summed E-state index contributed by atoms with van der Waals surface area (Å²) >= 11 is 13.2. The molecule has 0 fully saturated rings. The smallest absolute Gasteiger partial charge is 0.183 e. The third-order valence-corrected chi connectivity index (χ3v) is 3.67. The second-order valence-corrected chi connectivity index (χ2v) is 6.01. The van der Waals surface area contributed by atoms with Gasteiger partial charge >= 0.3 is 0 Å². The zero-order chi connectivity index (χ0) is 12.3. The van der Waals surface area contributed by atoms with E-state index in [1.165, 1.54) is 21.8 Å². The minimum atomic E-state index is 0.597. The first-order chi connectivity index (χ1) is 8.13. The Hall–Kier alpha value is -0.610. The predicted octanol–water partition coefficient (Wildman–Crippen LogP) is 4.08. The Morgan fingerprint density at radius 1 is 1.18 bits per heavy atom. The predicted molar refractivity (Wildman–Crippen MR) is 73.7 cm³/mol. The monoisotopic (exact) mass is 286 g/mol. The third kappa shape index (κ3) is 3.96. The lowest BCUT2D eigenvalue weighted by Crippen LogP contribution is -2.16. The lowest BCUT2D eigenvalue weighted by molar-refractivity contribution is 0.322. The molecule has 90 valence electrons. The van der Waals surface area contributed by atoms with E-state index in [9.17, 15) is 0 Å². The van der Waals surface area contributed by atoms with Crippen LogP contribution >= 0.6 is 34.5 Å². The molecule has 0 saturated carbocycles. The number of aromatic nitrogens is 1. The normalized spacial score (nSPS) is 11.1. The zero-order valence-corrected chi connectivity index (χ0v) is 11.7. The van der Waals surface area contributed by atoms with Crippen LogP contribution in [0.25, 0.3) is 0 Å². The third-order valence-electron chi connectivity index (χ3n) is 2.32. The van der Waals surface area contributed by atoms with Gasteiger partial charge in [-0.05, 0) is 24.7 Å². The Labute approximate surface area is 115 Å². The Morgan fingerprint density at radius 2 is 1.88 bits per heavy atom. The van der Waals surface area contributed by atoms with Crippen LogP contribution in [0.4, 0.5) is 0 Å². The van der Waals surface area contributed by atoms with E-state index >= 15 is 0 Å². The topological polar surface area (TPSA) is 16.1 Å². The molecule has 0 amide bonds. The van der Waals surface area contributed by atoms with Crippen molar-refractivity contribution in [2.45, 2.75) is 13.1 Å². The van der Waals surface area contributed by atoms with Crippen molar-refractivity contribution in [1.29, 1.82) is 0 Å². The second kappa shape index (κ2) is 5.83. The van der Waals surface area contributed by atoms with Gasteiger partial charge in [0.2, 0.25) is 0 Å². The Kier molecular flexibility index (Phi) is 4.40. The van der Waals surface area contributed by atoms with Gasteiger partial charge in [0.1, 0.15) is 0 Å². The Balaban J connectivity index is 1.93. The fourth-order valence-corrected chi connectivity index (χ4v) is 2.76. The first-order valence-corrected chi connectivity index (χ1v) is 6.74. The van der Waals surface area contributed by atoms with Crippen LogP contribution in [-0.2, 0) is 13.1 Å². The van der Waals surface area contributed by atoms with Crippen LogP contribution in [0.3, 0.4) is 0 Å². The number of nitrogens with zero attached hydrogens (tertiary/aromatic N) is 2. The number of hydrogen-bond acceptors (Lipinski definition) is 3. The van der Waals surface area contributed by atoms with E-state index in [0.29, 0.717) is 4.47 Å². The summed E-state index contributed by atoms with van der Waals surface area (Å²) in [6.07, 6.45) is 1.82. The molecule has 17 heavy (non-hydrogen) atoms. The molecule has 0 spiro atoms. The van der Waals surface area contributed by atoms with Gasteiger partial charge in [0.25, 0.3) is 0 Å². The maximum absolute atomic E-state index is 5.85. The van der Waals surface area contributed by atoms with Crippen molar-refractivity contribution in [3.05, 3.63) is 50.4 Å². The van der Waals surface area contributed by atoms with Gasteiger partial charge in [-0.25, -0.2) is 4.98 Å². The van der Waals surface area contributed by atoms with E-state index in [-0.39, 0.29) is 0 Å². The molecule has 0 aliphatic heterocycles. The van der Waals surface area contributed by atoms with Crippen LogP contribution in [0.2, 0.25) is 9.49 Å². The first kappa shape index (κ1) is 12.8. The minimum Gasteiger partial charge on any atom is -0.297 e. The summed E-state index contributed by atoms with van der Waals surface area (Å²) in [5.41, 5.74) is 1.24. The number of hydrogen-bond donors (Lipinski definition) is 0. The van der Waals surface area contributed by atoms with Crippen LogP contribution in [-0.4, -0.2) is 16.9 Å². The molecule has 2 nitrogen and oxygen atoms in total. The summed E-state index contributed by atoms with van der Waals surface area (Å²) in [4.78, 5) is 7.42. The highest BCUT2D eigenvalue weighted by molar-refractivity contribution is 7.15. The molecule has 0 N–H and O–H groups in total. The van der Waals surface area contributed by atoms with Crippen molar-refractivity contribution in [1.82, 2.24) is 9.88 Å². The number of benzene rings is 1. The molecule has 2 aromatic rings. The lowest BCUT2D eigenvalue weighted by atomic mass is 10.2. The maximum atomic E-state index is 5.85. The van der Waals surface area contributed by atoms with E-state index in [2.05, 4.69) is 16.9 Å². The zero-order valence-electron chi connectivity index (χ0n) is 9.36. The average molecular weight is 287 g/mol. The van der Waals surface area contributed by atoms with Gasteiger partial charge in [-0.3, -0.25) is 4.90 Å². The summed E-state index contributed by atoms with van der Waals surface area (Å²) in [6, 6.07) is 7.90. The lowest BCUT2D eigenvalue weighted by Gasteiger charge is -2.15. The fraction of sp³-hybridized carbons (Fsp3) is 0.250. The molecular formula is C12H12Cl2N2S. The molecule has 0 aliphatic rings. The molecule has 0 saturated heterocycles. The van der Waals surface area contributed by atoms with Gasteiger partial charge in [0.15, 0.2) is 4.47 Å². The van der Waals surface area contributed by atoms with Crippen LogP contribution in [0.1, 0.15) is 10.4 Å². The largest absolute Gasteiger partial charge is 0.297 e. The van der Waals surface area contributed by atoms with Crippen LogP contribution in [0.5, 0.6) is 0 Å². The molecule has 0 bridgehead atoms. The maximum Gasteiger partial charge on any atom is 0.183 e. The molecule has 1 aromatic carbocycles. The molecule has 0 unspecified atom stereocenters. The van der Waals surface area contributed by atoms with Crippen molar-refractivity contribution in [2.24, 2.45) is 0 Å². The van der Waals surface area contributed by atoms with Crippen LogP contribution in [0, 0.1) is 0 Å².